The number of benzene rings is 2. The second kappa shape index (κ2) is 6.75. The van der Waals surface area contributed by atoms with E-state index in [4.69, 9.17) is 0 Å². The Bertz CT molecular complexity index is 682. The summed E-state index contributed by atoms with van der Waals surface area (Å²) in [6.45, 7) is 4.76. The SMILES string of the molecule is Cc1ccc(CN(C)C(=O)c2ccc(Br)cc2Br)c(C)c1. The summed E-state index contributed by atoms with van der Waals surface area (Å²) in [5, 5.41) is 0. The van der Waals surface area contributed by atoms with E-state index in [-0.39, 0.29) is 5.91 Å². The quantitative estimate of drug-likeness (QED) is 0.689. The molecule has 0 aliphatic heterocycles. The number of hydrogen-bond acceptors (Lipinski definition) is 1. The van der Waals surface area contributed by atoms with Crippen LogP contribution < -0.4 is 0 Å². The second-order valence-electron chi connectivity index (χ2n) is 5.22. The topological polar surface area (TPSA) is 20.3 Å². The zero-order valence-corrected chi connectivity index (χ0v) is 15.5. The predicted octanol–water partition coefficient (Wildman–Crippen LogP) is 5.10. The monoisotopic (exact) mass is 409 g/mol. The molecule has 0 bridgehead atoms. The molecule has 0 saturated heterocycles. The van der Waals surface area contributed by atoms with Crippen LogP contribution in [0.4, 0.5) is 0 Å². The molecule has 0 saturated carbocycles. The standard InChI is InChI=1S/C17H17Br2NO/c1-11-4-5-13(12(2)8-11)10-20(3)17(21)15-7-6-14(18)9-16(15)19/h4-9H,10H2,1-3H3. The Hall–Kier alpha value is -1.13. The number of rotatable bonds is 3. The van der Waals surface area contributed by atoms with E-state index in [9.17, 15) is 4.79 Å². The van der Waals surface area contributed by atoms with Gasteiger partial charge >= 0.3 is 0 Å². The Morgan fingerprint density at radius 3 is 2.43 bits per heavy atom. The van der Waals surface area contributed by atoms with Crippen LogP contribution in [0.3, 0.4) is 0 Å². The molecule has 0 aromatic heterocycles. The Morgan fingerprint density at radius 2 is 1.81 bits per heavy atom. The molecule has 0 spiro atoms. The van der Waals surface area contributed by atoms with Crippen LogP contribution >= 0.6 is 31.9 Å². The zero-order valence-electron chi connectivity index (χ0n) is 12.3. The molecular weight excluding hydrogens is 394 g/mol. The lowest BCUT2D eigenvalue weighted by Gasteiger charge is -2.19. The third-order valence-corrected chi connectivity index (χ3v) is 4.56. The summed E-state index contributed by atoms with van der Waals surface area (Å²) in [7, 11) is 1.83. The average molecular weight is 411 g/mol. The molecule has 2 aromatic rings. The van der Waals surface area contributed by atoms with Crippen molar-refractivity contribution in [2.24, 2.45) is 0 Å². The minimum absolute atomic E-state index is 0.00866. The van der Waals surface area contributed by atoms with Gasteiger partial charge in [0.1, 0.15) is 0 Å². The van der Waals surface area contributed by atoms with E-state index in [1.165, 1.54) is 16.7 Å². The number of carbonyl (C=O) groups excluding carboxylic acids is 1. The van der Waals surface area contributed by atoms with Crippen molar-refractivity contribution in [3.63, 3.8) is 0 Å². The number of aryl methyl sites for hydroxylation is 2. The predicted molar refractivity (Wildman–Crippen MR) is 93.6 cm³/mol. The van der Waals surface area contributed by atoms with Crippen molar-refractivity contribution in [2.75, 3.05) is 7.05 Å². The molecule has 4 heteroatoms. The first kappa shape index (κ1) is 16.2. The maximum Gasteiger partial charge on any atom is 0.255 e. The Balaban J connectivity index is 2.19. The largest absolute Gasteiger partial charge is 0.337 e. The molecule has 0 aliphatic rings. The summed E-state index contributed by atoms with van der Waals surface area (Å²) < 4.78 is 1.75. The molecule has 0 heterocycles. The summed E-state index contributed by atoms with van der Waals surface area (Å²) in [6.07, 6.45) is 0. The minimum atomic E-state index is 0.00866. The average Bonchev–Trinajstić information content (AvgIpc) is 2.41. The molecule has 2 aromatic carbocycles. The van der Waals surface area contributed by atoms with E-state index in [0.717, 1.165) is 8.95 Å². The number of carbonyl (C=O) groups is 1. The van der Waals surface area contributed by atoms with Crippen LogP contribution in [-0.4, -0.2) is 17.9 Å². The molecule has 0 fully saturated rings. The highest BCUT2D eigenvalue weighted by Gasteiger charge is 2.16. The lowest BCUT2D eigenvalue weighted by molar-refractivity contribution is 0.0784. The highest BCUT2D eigenvalue weighted by Crippen LogP contribution is 2.23. The smallest absolute Gasteiger partial charge is 0.255 e. The molecule has 110 valence electrons. The number of halogens is 2. The van der Waals surface area contributed by atoms with Crippen molar-refractivity contribution in [3.8, 4) is 0 Å². The second-order valence-corrected chi connectivity index (χ2v) is 6.99. The number of nitrogens with zero attached hydrogens (tertiary/aromatic N) is 1. The van der Waals surface area contributed by atoms with Crippen LogP contribution in [0.15, 0.2) is 45.3 Å². The summed E-state index contributed by atoms with van der Waals surface area (Å²) in [5.41, 5.74) is 4.29. The highest BCUT2D eigenvalue weighted by molar-refractivity contribution is 9.11. The van der Waals surface area contributed by atoms with Gasteiger partial charge < -0.3 is 4.90 Å². The molecular formula is C17H17Br2NO. The van der Waals surface area contributed by atoms with E-state index >= 15 is 0 Å². The van der Waals surface area contributed by atoms with Gasteiger partial charge in [-0.1, -0.05) is 39.7 Å². The summed E-state index contributed by atoms with van der Waals surface area (Å²) in [6, 6.07) is 11.9. The van der Waals surface area contributed by atoms with Gasteiger partial charge in [-0.3, -0.25) is 4.79 Å². The molecule has 2 nitrogen and oxygen atoms in total. The fraction of sp³-hybridized carbons (Fsp3) is 0.235. The van der Waals surface area contributed by atoms with E-state index in [1.807, 2.05) is 25.2 Å². The molecule has 21 heavy (non-hydrogen) atoms. The van der Waals surface area contributed by atoms with Crippen molar-refractivity contribution in [1.82, 2.24) is 4.90 Å². The number of hydrogen-bond donors (Lipinski definition) is 0. The first-order chi connectivity index (χ1) is 9.88. The Morgan fingerprint density at radius 1 is 1.10 bits per heavy atom. The Labute approximate surface area is 142 Å². The number of amides is 1. The lowest BCUT2D eigenvalue weighted by Crippen LogP contribution is -2.26. The summed E-state index contributed by atoms with van der Waals surface area (Å²) in [4.78, 5) is 14.3. The van der Waals surface area contributed by atoms with Gasteiger partial charge in [0, 0.05) is 22.5 Å². The van der Waals surface area contributed by atoms with Crippen LogP contribution in [0, 0.1) is 13.8 Å². The van der Waals surface area contributed by atoms with Gasteiger partial charge in [0.25, 0.3) is 5.91 Å². The fourth-order valence-corrected chi connectivity index (χ4v) is 3.44. The normalized spacial score (nSPS) is 10.5. The van der Waals surface area contributed by atoms with Crippen molar-refractivity contribution in [2.45, 2.75) is 20.4 Å². The molecule has 1 amide bonds. The lowest BCUT2D eigenvalue weighted by atomic mass is 10.1. The molecule has 0 radical (unpaired) electrons. The van der Waals surface area contributed by atoms with Crippen LogP contribution in [0.25, 0.3) is 0 Å². The first-order valence-electron chi connectivity index (χ1n) is 6.65. The van der Waals surface area contributed by atoms with E-state index in [1.54, 1.807) is 4.90 Å². The Kier molecular flexibility index (Phi) is 5.22. The molecule has 0 unspecified atom stereocenters. The van der Waals surface area contributed by atoms with Gasteiger partial charge in [-0.05, 0) is 59.1 Å². The van der Waals surface area contributed by atoms with Crippen molar-refractivity contribution >= 4 is 37.8 Å². The van der Waals surface area contributed by atoms with Crippen LogP contribution in [0.1, 0.15) is 27.0 Å². The summed E-state index contributed by atoms with van der Waals surface area (Å²) in [5.74, 6) is 0.00866. The molecule has 2 rings (SSSR count). The van der Waals surface area contributed by atoms with Crippen LogP contribution in [0.2, 0.25) is 0 Å². The third kappa shape index (κ3) is 3.95. The van der Waals surface area contributed by atoms with Gasteiger partial charge in [-0.2, -0.15) is 0 Å². The highest BCUT2D eigenvalue weighted by atomic mass is 79.9. The van der Waals surface area contributed by atoms with Crippen LogP contribution in [-0.2, 0) is 6.54 Å². The molecule has 0 aliphatic carbocycles. The molecule has 0 atom stereocenters. The van der Waals surface area contributed by atoms with E-state index in [2.05, 4.69) is 63.9 Å². The van der Waals surface area contributed by atoms with Crippen molar-refractivity contribution in [3.05, 3.63) is 67.6 Å². The summed E-state index contributed by atoms with van der Waals surface area (Å²) >= 11 is 6.85. The fourth-order valence-electron chi connectivity index (χ4n) is 2.22. The zero-order chi connectivity index (χ0) is 15.6. The maximum absolute atomic E-state index is 12.5. The van der Waals surface area contributed by atoms with Gasteiger partial charge in [-0.15, -0.1) is 0 Å². The first-order valence-corrected chi connectivity index (χ1v) is 8.23. The third-order valence-electron chi connectivity index (χ3n) is 3.41. The minimum Gasteiger partial charge on any atom is -0.337 e. The van der Waals surface area contributed by atoms with Crippen molar-refractivity contribution < 1.29 is 4.79 Å². The van der Waals surface area contributed by atoms with Gasteiger partial charge in [0.15, 0.2) is 0 Å². The van der Waals surface area contributed by atoms with Gasteiger partial charge in [-0.25, -0.2) is 0 Å². The van der Waals surface area contributed by atoms with Crippen molar-refractivity contribution in [1.29, 1.82) is 0 Å². The van der Waals surface area contributed by atoms with E-state index in [0.29, 0.717) is 12.1 Å². The molecule has 0 N–H and O–H groups in total. The van der Waals surface area contributed by atoms with Gasteiger partial charge in [0.2, 0.25) is 0 Å². The maximum atomic E-state index is 12.5. The van der Waals surface area contributed by atoms with Gasteiger partial charge in [0.05, 0.1) is 5.56 Å². The van der Waals surface area contributed by atoms with Crippen LogP contribution in [0.5, 0.6) is 0 Å². The van der Waals surface area contributed by atoms with E-state index < -0.39 is 0 Å².